The molecule has 0 heterocycles. The molecule has 18 heavy (non-hydrogen) atoms. The van der Waals surface area contributed by atoms with E-state index in [4.69, 9.17) is 9.47 Å². The molecule has 0 radical (unpaired) electrons. The molecule has 0 spiro atoms. The minimum atomic E-state index is 0.267. The van der Waals surface area contributed by atoms with Gasteiger partial charge in [0.05, 0.1) is 14.2 Å². The highest BCUT2D eigenvalue weighted by atomic mass is 16.5. The number of carbonyl (C=O) groups excluding carboxylic acids is 1. The Morgan fingerprint density at radius 3 is 2.17 bits per heavy atom. The molecule has 0 atom stereocenters. The highest BCUT2D eigenvalue weighted by Crippen LogP contribution is 2.27. The largest absolute Gasteiger partial charge is 0.497 e. The van der Waals surface area contributed by atoms with Gasteiger partial charge in [-0.25, -0.2) is 0 Å². The molecule has 3 heteroatoms. The van der Waals surface area contributed by atoms with E-state index in [0.717, 1.165) is 41.9 Å². The van der Waals surface area contributed by atoms with Crippen LogP contribution in [0.3, 0.4) is 0 Å². The standard InChI is InChI=1S/C15H18O3/c1-17-13-8-11(9-14(10-13)18-2)7-12-5-3-4-6-15(12)16/h7-10H,3-6H2,1-2H3. The Morgan fingerprint density at radius 2 is 1.61 bits per heavy atom. The average Bonchev–Trinajstić information content (AvgIpc) is 2.41. The van der Waals surface area contributed by atoms with Crippen molar-refractivity contribution in [3.8, 4) is 11.5 Å². The number of Topliss-reactive ketones (excluding diaryl/α,β-unsaturated/α-hetero) is 1. The number of hydrogen-bond donors (Lipinski definition) is 0. The molecule has 2 rings (SSSR count). The van der Waals surface area contributed by atoms with Gasteiger partial charge in [-0.3, -0.25) is 4.79 Å². The van der Waals surface area contributed by atoms with E-state index in [1.54, 1.807) is 14.2 Å². The number of benzene rings is 1. The minimum Gasteiger partial charge on any atom is -0.497 e. The van der Waals surface area contributed by atoms with Gasteiger partial charge in [0.2, 0.25) is 0 Å². The molecule has 1 aromatic carbocycles. The molecule has 1 aromatic rings. The minimum absolute atomic E-state index is 0.267. The van der Waals surface area contributed by atoms with Crippen molar-refractivity contribution in [2.24, 2.45) is 0 Å². The van der Waals surface area contributed by atoms with E-state index < -0.39 is 0 Å². The Labute approximate surface area is 107 Å². The molecule has 0 aliphatic heterocycles. The Bertz CT molecular complexity index is 452. The second kappa shape index (κ2) is 5.71. The molecular formula is C15H18O3. The first-order valence-corrected chi connectivity index (χ1v) is 6.20. The number of rotatable bonds is 3. The van der Waals surface area contributed by atoms with Crippen LogP contribution in [0.4, 0.5) is 0 Å². The molecule has 0 amide bonds. The lowest BCUT2D eigenvalue weighted by Crippen LogP contribution is -2.07. The summed E-state index contributed by atoms with van der Waals surface area (Å²) in [6.45, 7) is 0. The maximum absolute atomic E-state index is 11.8. The van der Waals surface area contributed by atoms with Crippen molar-refractivity contribution in [2.75, 3.05) is 14.2 Å². The van der Waals surface area contributed by atoms with Crippen LogP contribution in [-0.2, 0) is 4.79 Å². The zero-order chi connectivity index (χ0) is 13.0. The molecule has 0 unspecified atom stereocenters. The molecule has 1 aliphatic rings. The molecule has 3 nitrogen and oxygen atoms in total. The first kappa shape index (κ1) is 12.7. The Hall–Kier alpha value is -1.77. The number of hydrogen-bond acceptors (Lipinski definition) is 3. The van der Waals surface area contributed by atoms with E-state index in [1.165, 1.54) is 0 Å². The van der Waals surface area contributed by atoms with Gasteiger partial charge >= 0.3 is 0 Å². The third-order valence-corrected chi connectivity index (χ3v) is 3.17. The quantitative estimate of drug-likeness (QED) is 0.768. The number of methoxy groups -OCH3 is 2. The number of allylic oxidation sites excluding steroid dienone is 1. The van der Waals surface area contributed by atoms with E-state index in [-0.39, 0.29) is 5.78 Å². The maximum Gasteiger partial charge on any atom is 0.158 e. The van der Waals surface area contributed by atoms with Gasteiger partial charge in [0.1, 0.15) is 11.5 Å². The van der Waals surface area contributed by atoms with Crippen LogP contribution in [0.2, 0.25) is 0 Å². The fraction of sp³-hybridized carbons (Fsp3) is 0.400. The predicted octanol–water partition coefficient (Wildman–Crippen LogP) is 3.23. The SMILES string of the molecule is COc1cc(C=C2CCCCC2=O)cc(OC)c1. The van der Waals surface area contributed by atoms with E-state index >= 15 is 0 Å². The monoisotopic (exact) mass is 246 g/mol. The topological polar surface area (TPSA) is 35.5 Å². The summed E-state index contributed by atoms with van der Waals surface area (Å²) in [7, 11) is 3.24. The highest BCUT2D eigenvalue weighted by molar-refractivity contribution is 6.00. The highest BCUT2D eigenvalue weighted by Gasteiger charge is 2.14. The van der Waals surface area contributed by atoms with Crippen molar-refractivity contribution < 1.29 is 14.3 Å². The summed E-state index contributed by atoms with van der Waals surface area (Å²) in [5, 5.41) is 0. The Balaban J connectivity index is 2.32. The molecule has 1 saturated carbocycles. The van der Waals surface area contributed by atoms with Crippen LogP contribution in [0.1, 0.15) is 31.2 Å². The van der Waals surface area contributed by atoms with E-state index in [1.807, 2.05) is 24.3 Å². The first-order valence-electron chi connectivity index (χ1n) is 6.20. The van der Waals surface area contributed by atoms with Gasteiger partial charge < -0.3 is 9.47 Å². The van der Waals surface area contributed by atoms with Gasteiger partial charge in [-0.05, 0) is 48.6 Å². The number of ketones is 1. The van der Waals surface area contributed by atoms with Gasteiger partial charge in [-0.1, -0.05) is 0 Å². The van der Waals surface area contributed by atoms with Crippen molar-refractivity contribution in [3.05, 3.63) is 29.3 Å². The summed E-state index contributed by atoms with van der Waals surface area (Å²) in [5.41, 5.74) is 1.87. The summed E-state index contributed by atoms with van der Waals surface area (Å²) in [6, 6.07) is 5.65. The Kier molecular flexibility index (Phi) is 4.03. The summed E-state index contributed by atoms with van der Waals surface area (Å²) in [5.74, 6) is 1.75. The summed E-state index contributed by atoms with van der Waals surface area (Å²) in [4.78, 5) is 11.8. The predicted molar refractivity (Wildman–Crippen MR) is 71.0 cm³/mol. The lowest BCUT2D eigenvalue weighted by atomic mass is 9.92. The van der Waals surface area contributed by atoms with Crippen molar-refractivity contribution in [1.82, 2.24) is 0 Å². The van der Waals surface area contributed by atoms with Crippen LogP contribution >= 0.6 is 0 Å². The van der Waals surface area contributed by atoms with Crippen molar-refractivity contribution in [1.29, 1.82) is 0 Å². The number of ether oxygens (including phenoxy) is 2. The van der Waals surface area contributed by atoms with Crippen molar-refractivity contribution in [3.63, 3.8) is 0 Å². The Morgan fingerprint density at radius 1 is 1.00 bits per heavy atom. The molecule has 0 saturated heterocycles. The van der Waals surface area contributed by atoms with Gasteiger partial charge in [-0.2, -0.15) is 0 Å². The lowest BCUT2D eigenvalue weighted by Gasteiger charge is -2.13. The summed E-state index contributed by atoms with van der Waals surface area (Å²) in [6.07, 6.45) is 5.61. The zero-order valence-corrected chi connectivity index (χ0v) is 10.9. The lowest BCUT2D eigenvalue weighted by molar-refractivity contribution is -0.116. The molecule has 96 valence electrons. The molecule has 1 aliphatic carbocycles. The second-order valence-corrected chi connectivity index (χ2v) is 4.45. The third kappa shape index (κ3) is 2.92. The smallest absolute Gasteiger partial charge is 0.158 e. The van der Waals surface area contributed by atoms with Crippen LogP contribution in [0.25, 0.3) is 6.08 Å². The van der Waals surface area contributed by atoms with Crippen molar-refractivity contribution >= 4 is 11.9 Å². The van der Waals surface area contributed by atoms with Gasteiger partial charge in [0.25, 0.3) is 0 Å². The van der Waals surface area contributed by atoms with Gasteiger partial charge in [-0.15, -0.1) is 0 Å². The summed E-state index contributed by atoms with van der Waals surface area (Å²) < 4.78 is 10.4. The van der Waals surface area contributed by atoms with E-state index in [2.05, 4.69) is 0 Å². The van der Waals surface area contributed by atoms with E-state index in [0.29, 0.717) is 6.42 Å². The number of carbonyl (C=O) groups is 1. The molecular weight excluding hydrogens is 228 g/mol. The van der Waals surface area contributed by atoms with Crippen LogP contribution < -0.4 is 9.47 Å². The zero-order valence-electron chi connectivity index (χ0n) is 10.9. The second-order valence-electron chi connectivity index (χ2n) is 4.45. The van der Waals surface area contributed by atoms with Crippen LogP contribution in [-0.4, -0.2) is 20.0 Å². The van der Waals surface area contributed by atoms with E-state index in [9.17, 15) is 4.79 Å². The third-order valence-electron chi connectivity index (χ3n) is 3.17. The normalized spacial score (nSPS) is 17.9. The first-order chi connectivity index (χ1) is 8.72. The maximum atomic E-state index is 11.8. The van der Waals surface area contributed by atoms with Gasteiger partial charge in [0.15, 0.2) is 5.78 Å². The molecule has 1 fully saturated rings. The van der Waals surface area contributed by atoms with Crippen LogP contribution in [0.15, 0.2) is 23.8 Å². The molecule has 0 bridgehead atoms. The average molecular weight is 246 g/mol. The van der Waals surface area contributed by atoms with Crippen molar-refractivity contribution in [2.45, 2.75) is 25.7 Å². The fourth-order valence-electron chi connectivity index (χ4n) is 2.17. The van der Waals surface area contributed by atoms with Crippen LogP contribution in [0.5, 0.6) is 11.5 Å². The summed E-state index contributed by atoms with van der Waals surface area (Å²) >= 11 is 0. The van der Waals surface area contributed by atoms with Crippen LogP contribution in [0, 0.1) is 0 Å². The van der Waals surface area contributed by atoms with Gasteiger partial charge in [0, 0.05) is 12.5 Å². The fourth-order valence-corrected chi connectivity index (χ4v) is 2.17. The molecule has 0 N–H and O–H groups in total. The molecule has 0 aromatic heterocycles.